The first-order chi connectivity index (χ1) is 10.1. The molecule has 0 unspecified atom stereocenters. The smallest absolute Gasteiger partial charge is 0.428 e. The Morgan fingerprint density at radius 1 is 1.29 bits per heavy atom. The van der Waals surface area contributed by atoms with E-state index in [1.165, 1.54) is 0 Å². The predicted octanol–water partition coefficient (Wildman–Crippen LogP) is 3.53. The molecule has 0 aliphatic carbocycles. The molecular formula is C13H9F3N2O2S. The van der Waals surface area contributed by atoms with E-state index in [0.717, 1.165) is 5.56 Å². The Morgan fingerprint density at radius 2 is 2.00 bits per heavy atom. The lowest BCUT2D eigenvalue weighted by molar-refractivity contribution is -0.188. The summed E-state index contributed by atoms with van der Waals surface area (Å²) >= 11 is 0.696. The molecule has 1 aromatic heterocycles. The van der Waals surface area contributed by atoms with Gasteiger partial charge in [-0.15, -0.1) is 0 Å². The Balaban J connectivity index is 2.11. The number of nitrogens with zero attached hydrogens (tertiary/aromatic N) is 2. The minimum Gasteiger partial charge on any atom is -0.477 e. The summed E-state index contributed by atoms with van der Waals surface area (Å²) in [7, 11) is 0. The molecule has 110 valence electrons. The third kappa shape index (κ3) is 3.86. The maximum Gasteiger partial charge on any atom is 0.428 e. The Hall–Kier alpha value is -2.27. The highest BCUT2D eigenvalue weighted by molar-refractivity contribution is 7.08. The van der Waals surface area contributed by atoms with Gasteiger partial charge in [-0.05, 0) is 5.56 Å². The van der Waals surface area contributed by atoms with E-state index in [2.05, 4.69) is 9.11 Å². The normalized spacial score (nSPS) is 11.0. The second kappa shape index (κ2) is 6.45. The molecule has 0 saturated carbocycles. The highest BCUT2D eigenvalue weighted by Gasteiger charge is 2.34. The van der Waals surface area contributed by atoms with Gasteiger partial charge in [0.1, 0.15) is 12.7 Å². The van der Waals surface area contributed by atoms with Crippen molar-refractivity contribution in [2.75, 3.05) is 6.67 Å². The highest BCUT2D eigenvalue weighted by Crippen LogP contribution is 2.35. The largest absolute Gasteiger partial charge is 0.477 e. The van der Waals surface area contributed by atoms with Crippen LogP contribution in [0, 0.1) is 11.3 Å². The summed E-state index contributed by atoms with van der Waals surface area (Å²) in [6.07, 6.45) is -4.02. The molecule has 21 heavy (non-hydrogen) atoms. The van der Waals surface area contributed by atoms with Crippen LogP contribution in [0.25, 0.3) is 0 Å². The van der Waals surface area contributed by atoms with Crippen molar-refractivity contribution in [2.45, 2.75) is 12.7 Å². The summed E-state index contributed by atoms with van der Waals surface area (Å²) in [5, 5.41) is 9.02. The zero-order chi connectivity index (χ0) is 15.3. The van der Waals surface area contributed by atoms with Gasteiger partial charge in [-0.2, -0.15) is 18.4 Å². The second-order valence-electron chi connectivity index (χ2n) is 3.91. The molecule has 1 aromatic carbocycles. The number of nitriles is 1. The molecule has 0 radical (unpaired) electrons. The fourth-order valence-electron chi connectivity index (χ4n) is 1.41. The topological polar surface area (TPSA) is 55.1 Å². The number of hydrogen-bond donors (Lipinski definition) is 0. The minimum atomic E-state index is -4.02. The van der Waals surface area contributed by atoms with Gasteiger partial charge >= 0.3 is 6.11 Å². The monoisotopic (exact) mass is 314 g/mol. The Kier molecular flexibility index (Phi) is 4.65. The van der Waals surface area contributed by atoms with Crippen LogP contribution in [0.1, 0.15) is 11.1 Å². The van der Waals surface area contributed by atoms with Crippen LogP contribution >= 0.6 is 11.5 Å². The lowest BCUT2D eigenvalue weighted by Gasteiger charge is -2.12. The maximum absolute atomic E-state index is 12.8. The third-order valence-corrected chi connectivity index (χ3v) is 3.10. The van der Waals surface area contributed by atoms with Gasteiger partial charge in [-0.1, -0.05) is 30.3 Å². The molecule has 0 amide bonds. The summed E-state index contributed by atoms with van der Waals surface area (Å²) in [6, 6.07) is 10.7. The van der Waals surface area contributed by atoms with Crippen LogP contribution in [-0.2, 0) is 6.61 Å². The number of alkyl halides is 3. The SMILES string of the molecule is N#Cc1c(OC(F)(F)CF)nsc1OCc1ccccc1. The number of benzene rings is 1. The van der Waals surface area contributed by atoms with Gasteiger partial charge in [0.25, 0.3) is 5.88 Å². The zero-order valence-electron chi connectivity index (χ0n) is 10.6. The standard InChI is InChI=1S/C13H9F3N2O2S/c14-8-13(15,16)20-11-10(6-17)12(21-18-11)19-7-9-4-2-1-3-5-9/h1-5H,7-8H2. The van der Waals surface area contributed by atoms with Gasteiger partial charge < -0.3 is 9.47 Å². The molecule has 0 atom stereocenters. The van der Waals surface area contributed by atoms with Crippen molar-refractivity contribution >= 4 is 11.5 Å². The third-order valence-electron chi connectivity index (χ3n) is 2.36. The lowest BCUT2D eigenvalue weighted by atomic mass is 10.2. The Bertz CT molecular complexity index is 641. The van der Waals surface area contributed by atoms with Crippen LogP contribution in [-0.4, -0.2) is 17.2 Å². The molecular weight excluding hydrogens is 305 g/mol. The van der Waals surface area contributed by atoms with Crippen molar-refractivity contribution in [3.05, 3.63) is 41.5 Å². The van der Waals surface area contributed by atoms with E-state index in [1.807, 2.05) is 30.3 Å². The van der Waals surface area contributed by atoms with Gasteiger partial charge in [0, 0.05) is 11.5 Å². The van der Waals surface area contributed by atoms with Crippen LogP contribution in [0.15, 0.2) is 30.3 Å². The number of aromatic nitrogens is 1. The summed E-state index contributed by atoms with van der Waals surface area (Å²) in [5.74, 6) is -0.631. The van der Waals surface area contributed by atoms with E-state index in [-0.39, 0.29) is 17.2 Å². The summed E-state index contributed by atoms with van der Waals surface area (Å²) < 4.78 is 50.7. The van der Waals surface area contributed by atoms with Crippen molar-refractivity contribution in [1.82, 2.24) is 4.37 Å². The fraction of sp³-hybridized carbons (Fsp3) is 0.231. The molecule has 4 nitrogen and oxygen atoms in total. The van der Waals surface area contributed by atoms with Crippen LogP contribution < -0.4 is 9.47 Å². The molecule has 0 N–H and O–H groups in total. The fourth-order valence-corrected chi connectivity index (χ4v) is 2.05. The molecule has 0 aliphatic heterocycles. The average molecular weight is 314 g/mol. The average Bonchev–Trinajstić information content (AvgIpc) is 2.87. The number of ether oxygens (including phenoxy) is 2. The van der Waals surface area contributed by atoms with Crippen molar-refractivity contribution in [2.24, 2.45) is 0 Å². The number of rotatable bonds is 6. The van der Waals surface area contributed by atoms with Gasteiger partial charge in [-0.3, -0.25) is 0 Å². The quantitative estimate of drug-likeness (QED) is 0.818. The number of hydrogen-bond acceptors (Lipinski definition) is 5. The molecule has 0 bridgehead atoms. The van der Waals surface area contributed by atoms with Gasteiger partial charge in [0.15, 0.2) is 12.2 Å². The molecule has 0 saturated heterocycles. The highest BCUT2D eigenvalue weighted by atomic mass is 32.1. The molecule has 1 heterocycles. The van der Waals surface area contributed by atoms with Crippen molar-refractivity contribution in [1.29, 1.82) is 5.26 Å². The molecule has 2 rings (SSSR count). The molecule has 8 heteroatoms. The van der Waals surface area contributed by atoms with Crippen molar-refractivity contribution < 1.29 is 22.6 Å². The maximum atomic E-state index is 12.8. The van der Waals surface area contributed by atoms with Crippen LogP contribution in [0.5, 0.6) is 10.9 Å². The van der Waals surface area contributed by atoms with E-state index in [9.17, 15) is 13.2 Å². The molecule has 2 aromatic rings. The molecule has 0 aliphatic rings. The van der Waals surface area contributed by atoms with Crippen molar-refractivity contribution in [3.63, 3.8) is 0 Å². The van der Waals surface area contributed by atoms with E-state index in [0.29, 0.717) is 11.5 Å². The summed E-state index contributed by atoms with van der Waals surface area (Å²) in [6.45, 7) is -1.85. The summed E-state index contributed by atoms with van der Waals surface area (Å²) in [5.41, 5.74) is 0.565. The van der Waals surface area contributed by atoms with Crippen molar-refractivity contribution in [3.8, 4) is 17.0 Å². The first-order valence-corrected chi connectivity index (χ1v) is 6.52. The Labute approximate surface area is 122 Å². The first-order valence-electron chi connectivity index (χ1n) is 5.75. The van der Waals surface area contributed by atoms with E-state index >= 15 is 0 Å². The second-order valence-corrected chi connectivity index (χ2v) is 4.65. The van der Waals surface area contributed by atoms with Crippen LogP contribution in [0.2, 0.25) is 0 Å². The Morgan fingerprint density at radius 3 is 2.62 bits per heavy atom. The predicted molar refractivity (Wildman–Crippen MR) is 69.2 cm³/mol. The van der Waals surface area contributed by atoms with E-state index < -0.39 is 18.7 Å². The van der Waals surface area contributed by atoms with Gasteiger partial charge in [0.05, 0.1) is 0 Å². The van der Waals surface area contributed by atoms with E-state index in [4.69, 9.17) is 10.00 Å². The molecule has 0 fully saturated rings. The summed E-state index contributed by atoms with van der Waals surface area (Å²) in [4.78, 5) is 0. The van der Waals surface area contributed by atoms with Gasteiger partial charge in [0.2, 0.25) is 5.06 Å². The molecule has 0 spiro atoms. The lowest BCUT2D eigenvalue weighted by Crippen LogP contribution is -2.27. The number of halogens is 3. The van der Waals surface area contributed by atoms with Crippen LogP contribution in [0.3, 0.4) is 0 Å². The van der Waals surface area contributed by atoms with Crippen LogP contribution in [0.4, 0.5) is 13.2 Å². The minimum absolute atomic E-state index is 0.0472. The first kappa shape index (κ1) is 15.1. The van der Waals surface area contributed by atoms with Gasteiger partial charge in [-0.25, -0.2) is 4.39 Å². The zero-order valence-corrected chi connectivity index (χ0v) is 11.4. The van der Waals surface area contributed by atoms with E-state index in [1.54, 1.807) is 6.07 Å².